The molecule has 20 heavy (non-hydrogen) atoms. The van der Waals surface area contributed by atoms with Crippen molar-refractivity contribution < 1.29 is 27.9 Å². The van der Waals surface area contributed by atoms with Crippen LogP contribution in [0.1, 0.15) is 10.5 Å². The summed E-state index contributed by atoms with van der Waals surface area (Å²) in [4.78, 5) is 26.2. The first-order chi connectivity index (χ1) is 9.31. The number of nitrogens with zero attached hydrogens (tertiary/aromatic N) is 1. The molecule has 9 heteroatoms. The molecule has 0 bridgehead atoms. The molecule has 1 heterocycles. The van der Waals surface area contributed by atoms with Crippen molar-refractivity contribution in [3.05, 3.63) is 24.0 Å². The van der Waals surface area contributed by atoms with Crippen molar-refractivity contribution in [3.63, 3.8) is 0 Å². The fourth-order valence-corrected chi connectivity index (χ4v) is 1.52. The van der Waals surface area contributed by atoms with E-state index < -0.39 is 37.7 Å². The van der Waals surface area contributed by atoms with E-state index in [4.69, 9.17) is 5.11 Å². The van der Waals surface area contributed by atoms with Crippen molar-refractivity contribution in [1.82, 2.24) is 15.2 Å². The highest BCUT2D eigenvalue weighted by Gasteiger charge is 2.31. The van der Waals surface area contributed by atoms with Gasteiger partial charge in [0, 0.05) is 12.7 Å². The number of H-pyrrole nitrogens is 1. The summed E-state index contributed by atoms with van der Waals surface area (Å²) in [6, 6.07) is 2.96. The molecule has 0 radical (unpaired) electrons. The minimum absolute atomic E-state index is 0.128. The van der Waals surface area contributed by atoms with E-state index >= 15 is 0 Å². The van der Waals surface area contributed by atoms with Gasteiger partial charge in [-0.3, -0.25) is 19.8 Å². The fraction of sp³-hybridized carbons (Fsp3) is 0.455. The van der Waals surface area contributed by atoms with Gasteiger partial charge in [-0.2, -0.15) is 13.2 Å². The standard InChI is InChI=1S/C11H14F3N3O3/c12-11(13,14)7-17(4-5-18)6-9(19)16-10(20)8-2-1-3-15-8/h1-3,15,18H,4-7H2,(H,16,19,20). The molecular weight excluding hydrogens is 279 g/mol. The lowest BCUT2D eigenvalue weighted by Crippen LogP contribution is -2.44. The molecule has 0 atom stereocenters. The number of nitrogens with one attached hydrogen (secondary N) is 2. The Morgan fingerprint density at radius 3 is 2.60 bits per heavy atom. The monoisotopic (exact) mass is 293 g/mol. The van der Waals surface area contributed by atoms with Crippen LogP contribution in [0.2, 0.25) is 0 Å². The first-order valence-electron chi connectivity index (χ1n) is 5.69. The van der Waals surface area contributed by atoms with Crippen LogP contribution in [-0.4, -0.2) is 59.2 Å². The second kappa shape index (κ2) is 7.06. The van der Waals surface area contributed by atoms with Crippen LogP contribution in [0.5, 0.6) is 0 Å². The molecule has 0 aromatic carbocycles. The third kappa shape index (κ3) is 5.85. The second-order valence-electron chi connectivity index (χ2n) is 4.01. The number of imide groups is 1. The Hall–Kier alpha value is -1.87. The molecule has 2 amide bonds. The highest BCUT2D eigenvalue weighted by Crippen LogP contribution is 2.15. The largest absolute Gasteiger partial charge is 0.401 e. The Morgan fingerprint density at radius 1 is 1.40 bits per heavy atom. The predicted molar refractivity (Wildman–Crippen MR) is 62.8 cm³/mol. The number of halogens is 3. The van der Waals surface area contributed by atoms with Gasteiger partial charge < -0.3 is 10.1 Å². The van der Waals surface area contributed by atoms with Gasteiger partial charge in [-0.15, -0.1) is 0 Å². The predicted octanol–water partition coefficient (Wildman–Crippen LogP) is 0.128. The van der Waals surface area contributed by atoms with Gasteiger partial charge in [0.25, 0.3) is 5.91 Å². The van der Waals surface area contributed by atoms with Crippen molar-refractivity contribution in [3.8, 4) is 0 Å². The Balaban J connectivity index is 2.51. The van der Waals surface area contributed by atoms with Gasteiger partial charge in [-0.25, -0.2) is 0 Å². The minimum Gasteiger partial charge on any atom is -0.395 e. The van der Waals surface area contributed by atoms with Gasteiger partial charge in [0.1, 0.15) is 5.69 Å². The van der Waals surface area contributed by atoms with Crippen LogP contribution in [0.3, 0.4) is 0 Å². The highest BCUT2D eigenvalue weighted by molar-refractivity contribution is 6.04. The third-order valence-corrected chi connectivity index (χ3v) is 2.28. The Kier molecular flexibility index (Phi) is 5.71. The zero-order chi connectivity index (χ0) is 15.2. The number of hydrogen-bond donors (Lipinski definition) is 3. The summed E-state index contributed by atoms with van der Waals surface area (Å²) in [7, 11) is 0. The smallest absolute Gasteiger partial charge is 0.395 e. The van der Waals surface area contributed by atoms with Gasteiger partial charge in [-0.05, 0) is 12.1 Å². The summed E-state index contributed by atoms with van der Waals surface area (Å²) in [6.45, 7) is -2.80. The Bertz CT molecular complexity index is 446. The van der Waals surface area contributed by atoms with Crippen LogP contribution in [0.15, 0.2) is 18.3 Å². The third-order valence-electron chi connectivity index (χ3n) is 2.28. The zero-order valence-electron chi connectivity index (χ0n) is 10.4. The molecule has 1 aromatic rings. The van der Waals surface area contributed by atoms with Crippen LogP contribution in [-0.2, 0) is 4.79 Å². The van der Waals surface area contributed by atoms with E-state index in [0.29, 0.717) is 4.90 Å². The first-order valence-corrected chi connectivity index (χ1v) is 5.69. The topological polar surface area (TPSA) is 85.4 Å². The molecule has 0 spiro atoms. The summed E-state index contributed by atoms with van der Waals surface area (Å²) in [5, 5.41) is 10.6. The molecule has 1 aromatic heterocycles. The maximum atomic E-state index is 12.2. The maximum Gasteiger partial charge on any atom is 0.401 e. The number of aliphatic hydroxyl groups is 1. The number of rotatable bonds is 6. The van der Waals surface area contributed by atoms with Crippen LogP contribution >= 0.6 is 0 Å². The summed E-state index contributed by atoms with van der Waals surface area (Å²) < 4.78 is 36.7. The Labute approximate surface area is 112 Å². The molecule has 0 saturated heterocycles. The van der Waals surface area contributed by atoms with Gasteiger partial charge in [0.05, 0.1) is 19.7 Å². The Morgan fingerprint density at radius 2 is 2.10 bits per heavy atom. The molecule has 0 aliphatic rings. The minimum atomic E-state index is -4.49. The van der Waals surface area contributed by atoms with Crippen molar-refractivity contribution in [2.75, 3.05) is 26.2 Å². The average molecular weight is 293 g/mol. The highest BCUT2D eigenvalue weighted by atomic mass is 19.4. The number of aromatic amines is 1. The van der Waals surface area contributed by atoms with E-state index in [1.54, 1.807) is 6.07 Å². The molecule has 1 rings (SSSR count). The molecule has 6 nitrogen and oxygen atoms in total. The van der Waals surface area contributed by atoms with Crippen molar-refractivity contribution in [2.24, 2.45) is 0 Å². The van der Waals surface area contributed by atoms with E-state index in [9.17, 15) is 22.8 Å². The summed E-state index contributed by atoms with van der Waals surface area (Å²) in [6.07, 6.45) is -3.01. The molecule has 0 fully saturated rings. The molecule has 0 aliphatic heterocycles. The SMILES string of the molecule is O=C(CN(CCO)CC(F)(F)F)NC(=O)c1ccc[nH]1. The fourth-order valence-electron chi connectivity index (χ4n) is 1.52. The number of amides is 2. The van der Waals surface area contributed by atoms with Crippen LogP contribution < -0.4 is 5.32 Å². The second-order valence-corrected chi connectivity index (χ2v) is 4.01. The number of hydrogen-bond acceptors (Lipinski definition) is 4. The van der Waals surface area contributed by atoms with E-state index in [0.717, 1.165) is 0 Å². The average Bonchev–Trinajstić information content (AvgIpc) is 2.79. The lowest BCUT2D eigenvalue weighted by atomic mass is 10.4. The first kappa shape index (κ1) is 16.2. The number of carbonyl (C=O) groups excluding carboxylic acids is 2. The number of carbonyl (C=O) groups is 2. The van der Waals surface area contributed by atoms with Gasteiger partial charge in [0.2, 0.25) is 5.91 Å². The lowest BCUT2D eigenvalue weighted by Gasteiger charge is -2.21. The molecule has 0 aliphatic carbocycles. The summed E-state index contributed by atoms with van der Waals surface area (Å²) in [5.74, 6) is -1.60. The molecule has 0 unspecified atom stereocenters. The van der Waals surface area contributed by atoms with E-state index in [-0.39, 0.29) is 12.2 Å². The summed E-state index contributed by atoms with van der Waals surface area (Å²) >= 11 is 0. The van der Waals surface area contributed by atoms with E-state index in [1.165, 1.54) is 12.3 Å². The van der Waals surface area contributed by atoms with Crippen molar-refractivity contribution in [2.45, 2.75) is 6.18 Å². The number of aliphatic hydroxyl groups excluding tert-OH is 1. The van der Waals surface area contributed by atoms with E-state index in [1.807, 2.05) is 5.32 Å². The van der Waals surface area contributed by atoms with Crippen molar-refractivity contribution >= 4 is 11.8 Å². The number of aromatic nitrogens is 1. The van der Waals surface area contributed by atoms with Crippen LogP contribution in [0, 0.1) is 0 Å². The van der Waals surface area contributed by atoms with Gasteiger partial charge >= 0.3 is 6.18 Å². The van der Waals surface area contributed by atoms with Crippen LogP contribution in [0.4, 0.5) is 13.2 Å². The molecule has 112 valence electrons. The number of alkyl halides is 3. The van der Waals surface area contributed by atoms with E-state index in [2.05, 4.69) is 4.98 Å². The van der Waals surface area contributed by atoms with Crippen molar-refractivity contribution in [1.29, 1.82) is 0 Å². The maximum absolute atomic E-state index is 12.2. The quantitative estimate of drug-likeness (QED) is 0.696. The normalized spacial score (nSPS) is 11.7. The van der Waals surface area contributed by atoms with Gasteiger partial charge in [-0.1, -0.05) is 0 Å². The zero-order valence-corrected chi connectivity index (χ0v) is 10.4. The van der Waals surface area contributed by atoms with Gasteiger partial charge in [0.15, 0.2) is 0 Å². The van der Waals surface area contributed by atoms with Crippen LogP contribution in [0.25, 0.3) is 0 Å². The lowest BCUT2D eigenvalue weighted by molar-refractivity contribution is -0.149. The molecule has 0 saturated carbocycles. The molecular formula is C11H14F3N3O3. The summed E-state index contributed by atoms with van der Waals surface area (Å²) in [5.41, 5.74) is 0.128. The molecule has 3 N–H and O–H groups in total.